The Morgan fingerprint density at radius 2 is 1.89 bits per heavy atom. The van der Waals surface area contributed by atoms with Gasteiger partial charge in [0.2, 0.25) is 0 Å². The molecule has 0 aliphatic carbocycles. The van der Waals surface area contributed by atoms with Gasteiger partial charge in [0.1, 0.15) is 6.04 Å². The summed E-state index contributed by atoms with van der Waals surface area (Å²) in [5.41, 5.74) is 7.03. The van der Waals surface area contributed by atoms with Gasteiger partial charge in [-0.1, -0.05) is 44.2 Å². The second kappa shape index (κ2) is 8.70. The molecule has 1 aromatic carbocycles. The second-order valence-corrected chi connectivity index (χ2v) is 5.33. The van der Waals surface area contributed by atoms with Crippen molar-refractivity contribution in [1.29, 1.82) is 0 Å². The highest BCUT2D eigenvalue weighted by molar-refractivity contribution is 5.75. The maximum atomic E-state index is 11.7. The zero-order valence-electron chi connectivity index (χ0n) is 12.0. The number of aryl methyl sites for hydroxylation is 1. The van der Waals surface area contributed by atoms with Gasteiger partial charge in [-0.2, -0.15) is 0 Å². The van der Waals surface area contributed by atoms with Crippen LogP contribution in [-0.2, 0) is 16.0 Å². The van der Waals surface area contributed by atoms with Crippen LogP contribution in [0.3, 0.4) is 0 Å². The van der Waals surface area contributed by atoms with Crippen LogP contribution >= 0.6 is 0 Å². The van der Waals surface area contributed by atoms with Gasteiger partial charge < -0.3 is 10.5 Å². The summed E-state index contributed by atoms with van der Waals surface area (Å²) >= 11 is 0. The van der Waals surface area contributed by atoms with Crippen molar-refractivity contribution in [3.05, 3.63) is 35.9 Å². The zero-order chi connectivity index (χ0) is 14.1. The molecule has 106 valence electrons. The first-order valence-electron chi connectivity index (χ1n) is 7.05. The number of carbonyl (C=O) groups is 1. The van der Waals surface area contributed by atoms with E-state index < -0.39 is 6.04 Å². The lowest BCUT2D eigenvalue weighted by atomic mass is 10.1. The fourth-order valence-corrected chi connectivity index (χ4v) is 1.86. The van der Waals surface area contributed by atoms with Crippen molar-refractivity contribution in [1.82, 2.24) is 0 Å². The Morgan fingerprint density at radius 3 is 2.53 bits per heavy atom. The maximum absolute atomic E-state index is 11.7. The minimum absolute atomic E-state index is 0.278. The van der Waals surface area contributed by atoms with E-state index in [0.717, 1.165) is 19.3 Å². The van der Waals surface area contributed by atoms with E-state index in [1.54, 1.807) is 0 Å². The number of esters is 1. The van der Waals surface area contributed by atoms with Gasteiger partial charge in [-0.25, -0.2) is 0 Å². The van der Waals surface area contributed by atoms with E-state index in [0.29, 0.717) is 18.9 Å². The quantitative estimate of drug-likeness (QED) is 0.579. The predicted octanol–water partition coefficient (Wildman–Crippen LogP) is 2.93. The van der Waals surface area contributed by atoms with Crippen molar-refractivity contribution in [2.75, 3.05) is 6.61 Å². The largest absolute Gasteiger partial charge is 0.465 e. The molecular formula is C16H25NO2. The molecule has 0 heterocycles. The Labute approximate surface area is 116 Å². The van der Waals surface area contributed by atoms with Crippen LogP contribution in [-0.4, -0.2) is 18.6 Å². The molecule has 1 aromatic rings. The first kappa shape index (κ1) is 15.7. The summed E-state index contributed by atoms with van der Waals surface area (Å²) < 4.78 is 5.18. The summed E-state index contributed by atoms with van der Waals surface area (Å²) in [5, 5.41) is 0. The van der Waals surface area contributed by atoms with Crippen molar-refractivity contribution >= 4 is 5.97 Å². The number of hydrogen-bond donors (Lipinski definition) is 1. The van der Waals surface area contributed by atoms with Crippen LogP contribution < -0.4 is 5.73 Å². The van der Waals surface area contributed by atoms with Crippen LogP contribution in [0.4, 0.5) is 0 Å². The van der Waals surface area contributed by atoms with Gasteiger partial charge in [0.15, 0.2) is 0 Å². The fraction of sp³-hybridized carbons (Fsp3) is 0.562. The smallest absolute Gasteiger partial charge is 0.322 e. The van der Waals surface area contributed by atoms with Crippen molar-refractivity contribution < 1.29 is 9.53 Å². The van der Waals surface area contributed by atoms with E-state index in [1.807, 2.05) is 30.3 Å². The monoisotopic (exact) mass is 263 g/mol. The topological polar surface area (TPSA) is 52.3 Å². The molecule has 0 radical (unpaired) electrons. The Morgan fingerprint density at radius 1 is 1.21 bits per heavy atom. The van der Waals surface area contributed by atoms with Crippen molar-refractivity contribution in [3.8, 4) is 0 Å². The highest BCUT2D eigenvalue weighted by atomic mass is 16.5. The van der Waals surface area contributed by atoms with E-state index in [9.17, 15) is 4.79 Å². The molecule has 3 heteroatoms. The van der Waals surface area contributed by atoms with Crippen molar-refractivity contribution in [2.24, 2.45) is 11.7 Å². The van der Waals surface area contributed by atoms with Gasteiger partial charge >= 0.3 is 5.97 Å². The molecule has 0 spiro atoms. The number of benzene rings is 1. The van der Waals surface area contributed by atoms with Gasteiger partial charge in [0.25, 0.3) is 0 Å². The SMILES string of the molecule is CC(C)CCCOC(=O)C(N)CCc1ccccc1. The molecule has 0 fully saturated rings. The highest BCUT2D eigenvalue weighted by Crippen LogP contribution is 2.06. The molecule has 0 aliphatic rings. The van der Waals surface area contributed by atoms with Crippen LogP contribution in [0.25, 0.3) is 0 Å². The third-order valence-electron chi connectivity index (χ3n) is 3.06. The first-order chi connectivity index (χ1) is 9.09. The van der Waals surface area contributed by atoms with E-state index >= 15 is 0 Å². The standard InChI is InChI=1S/C16H25NO2/c1-13(2)7-6-12-19-16(18)15(17)11-10-14-8-4-3-5-9-14/h3-5,8-9,13,15H,6-7,10-12,17H2,1-2H3. The number of hydrogen-bond acceptors (Lipinski definition) is 3. The number of ether oxygens (including phenoxy) is 1. The lowest BCUT2D eigenvalue weighted by Gasteiger charge is -2.12. The van der Waals surface area contributed by atoms with E-state index in [2.05, 4.69) is 13.8 Å². The maximum Gasteiger partial charge on any atom is 0.322 e. The van der Waals surface area contributed by atoms with Gasteiger partial charge in [-0.3, -0.25) is 4.79 Å². The average Bonchev–Trinajstić information content (AvgIpc) is 2.41. The summed E-state index contributed by atoms with van der Waals surface area (Å²) in [6, 6.07) is 9.53. The Bertz CT molecular complexity index is 362. The molecule has 0 bridgehead atoms. The minimum atomic E-state index is -0.515. The Kier molecular flexibility index (Phi) is 7.19. The molecule has 1 rings (SSSR count). The van der Waals surface area contributed by atoms with Crippen LogP contribution in [0.2, 0.25) is 0 Å². The lowest BCUT2D eigenvalue weighted by Crippen LogP contribution is -2.33. The molecule has 1 unspecified atom stereocenters. The summed E-state index contributed by atoms with van der Waals surface area (Å²) in [4.78, 5) is 11.7. The van der Waals surface area contributed by atoms with Gasteiger partial charge in [-0.15, -0.1) is 0 Å². The van der Waals surface area contributed by atoms with Gasteiger partial charge in [0, 0.05) is 0 Å². The van der Waals surface area contributed by atoms with Crippen LogP contribution in [0.15, 0.2) is 30.3 Å². The minimum Gasteiger partial charge on any atom is -0.465 e. The molecule has 3 nitrogen and oxygen atoms in total. The Balaban J connectivity index is 2.18. The number of rotatable bonds is 8. The van der Waals surface area contributed by atoms with E-state index in [-0.39, 0.29) is 5.97 Å². The third-order valence-corrected chi connectivity index (χ3v) is 3.06. The van der Waals surface area contributed by atoms with Crippen LogP contribution in [0, 0.1) is 5.92 Å². The van der Waals surface area contributed by atoms with Crippen molar-refractivity contribution in [2.45, 2.75) is 45.6 Å². The molecule has 1 atom stereocenters. The van der Waals surface area contributed by atoms with Crippen molar-refractivity contribution in [3.63, 3.8) is 0 Å². The van der Waals surface area contributed by atoms with Crippen LogP contribution in [0.5, 0.6) is 0 Å². The number of carbonyl (C=O) groups excluding carboxylic acids is 1. The molecule has 0 aliphatic heterocycles. The summed E-state index contributed by atoms with van der Waals surface area (Å²) in [6.07, 6.45) is 3.43. The first-order valence-corrected chi connectivity index (χ1v) is 7.05. The van der Waals surface area contributed by atoms with Crippen LogP contribution in [0.1, 0.15) is 38.7 Å². The fourth-order valence-electron chi connectivity index (χ4n) is 1.86. The third kappa shape index (κ3) is 6.97. The van der Waals surface area contributed by atoms with Gasteiger partial charge in [-0.05, 0) is 37.2 Å². The Hall–Kier alpha value is -1.35. The highest BCUT2D eigenvalue weighted by Gasteiger charge is 2.14. The molecule has 0 saturated carbocycles. The molecule has 0 aromatic heterocycles. The summed E-state index contributed by atoms with van der Waals surface area (Å²) in [6.45, 7) is 4.80. The molecular weight excluding hydrogens is 238 g/mol. The summed E-state index contributed by atoms with van der Waals surface area (Å²) in [5.74, 6) is 0.366. The van der Waals surface area contributed by atoms with E-state index in [4.69, 9.17) is 10.5 Å². The predicted molar refractivity (Wildman–Crippen MR) is 77.8 cm³/mol. The molecule has 0 saturated heterocycles. The normalized spacial score (nSPS) is 12.4. The van der Waals surface area contributed by atoms with Gasteiger partial charge in [0.05, 0.1) is 6.61 Å². The summed E-state index contributed by atoms with van der Waals surface area (Å²) in [7, 11) is 0. The zero-order valence-corrected chi connectivity index (χ0v) is 12.0. The average molecular weight is 263 g/mol. The lowest BCUT2D eigenvalue weighted by molar-refractivity contribution is -0.145. The molecule has 2 N–H and O–H groups in total. The molecule has 19 heavy (non-hydrogen) atoms. The second-order valence-electron chi connectivity index (χ2n) is 5.33. The molecule has 0 amide bonds. The van der Waals surface area contributed by atoms with E-state index in [1.165, 1.54) is 5.56 Å². The number of nitrogens with two attached hydrogens (primary N) is 1.